The second kappa shape index (κ2) is 8.41. The van der Waals surface area contributed by atoms with Crippen molar-refractivity contribution < 1.29 is 13.3 Å². The van der Waals surface area contributed by atoms with Gasteiger partial charge in [-0.3, -0.25) is 0 Å². The maximum Gasteiger partial charge on any atom is 0.259 e. The quantitative estimate of drug-likeness (QED) is 0.628. The van der Waals surface area contributed by atoms with Crippen LogP contribution in [0.4, 0.5) is 0 Å². The number of aromatic nitrogens is 2. The summed E-state index contributed by atoms with van der Waals surface area (Å²) >= 11 is 0. The summed E-state index contributed by atoms with van der Waals surface area (Å²) in [6.07, 6.45) is 3.23. The SMILES string of the molecule is CC(C)n1cnc(S(=O)(=O)NC[C@@H]2CC(c3ccc(-c4ccccc4)cc3)=NO2)c1. The van der Waals surface area contributed by atoms with Crippen molar-refractivity contribution in [2.24, 2.45) is 5.16 Å². The molecular formula is C22H24N4O3S. The van der Waals surface area contributed by atoms with Crippen LogP contribution >= 0.6 is 0 Å². The van der Waals surface area contributed by atoms with Crippen molar-refractivity contribution in [3.05, 3.63) is 72.7 Å². The molecule has 0 bridgehead atoms. The molecule has 8 heteroatoms. The highest BCUT2D eigenvalue weighted by molar-refractivity contribution is 7.89. The van der Waals surface area contributed by atoms with E-state index >= 15 is 0 Å². The van der Waals surface area contributed by atoms with Crippen LogP contribution in [0.15, 0.2) is 77.3 Å². The van der Waals surface area contributed by atoms with Crippen molar-refractivity contribution in [1.29, 1.82) is 0 Å². The monoisotopic (exact) mass is 424 g/mol. The van der Waals surface area contributed by atoms with Crippen molar-refractivity contribution in [1.82, 2.24) is 14.3 Å². The molecule has 30 heavy (non-hydrogen) atoms. The lowest BCUT2D eigenvalue weighted by molar-refractivity contribution is 0.0891. The van der Waals surface area contributed by atoms with E-state index in [1.807, 2.05) is 56.3 Å². The third-order valence-corrected chi connectivity index (χ3v) is 6.32. The van der Waals surface area contributed by atoms with Gasteiger partial charge >= 0.3 is 0 Å². The number of benzene rings is 2. The Labute approximate surface area is 176 Å². The molecule has 0 amide bonds. The lowest BCUT2D eigenvalue weighted by Crippen LogP contribution is -2.32. The topological polar surface area (TPSA) is 85.6 Å². The van der Waals surface area contributed by atoms with E-state index in [1.54, 1.807) is 4.57 Å². The van der Waals surface area contributed by atoms with Crippen molar-refractivity contribution in [3.63, 3.8) is 0 Å². The summed E-state index contributed by atoms with van der Waals surface area (Å²) in [5.74, 6) is 0. The molecule has 3 aromatic rings. The molecule has 0 saturated carbocycles. The third kappa shape index (κ3) is 4.44. The first kappa shape index (κ1) is 20.3. The van der Waals surface area contributed by atoms with Crippen LogP contribution in [-0.4, -0.2) is 36.3 Å². The minimum Gasteiger partial charge on any atom is -0.390 e. The van der Waals surface area contributed by atoms with Crippen LogP contribution in [-0.2, 0) is 14.9 Å². The minimum absolute atomic E-state index is 0.00633. The molecule has 0 unspecified atom stereocenters. The number of rotatable bonds is 7. The Hall–Kier alpha value is -2.97. The van der Waals surface area contributed by atoms with E-state index in [1.165, 1.54) is 12.5 Å². The highest BCUT2D eigenvalue weighted by Gasteiger charge is 2.25. The van der Waals surface area contributed by atoms with Crippen molar-refractivity contribution >= 4 is 15.7 Å². The first-order chi connectivity index (χ1) is 14.4. The van der Waals surface area contributed by atoms with Gasteiger partial charge in [0.1, 0.15) is 6.10 Å². The molecule has 1 aliphatic heterocycles. The maximum absolute atomic E-state index is 12.5. The van der Waals surface area contributed by atoms with Gasteiger partial charge in [-0.25, -0.2) is 18.1 Å². The molecule has 0 fully saturated rings. The molecule has 0 aliphatic carbocycles. The number of hydrogen-bond donors (Lipinski definition) is 1. The van der Waals surface area contributed by atoms with Gasteiger partial charge in [-0.05, 0) is 30.5 Å². The van der Waals surface area contributed by atoms with Crippen LogP contribution < -0.4 is 4.72 Å². The smallest absolute Gasteiger partial charge is 0.259 e. The van der Waals surface area contributed by atoms with Gasteiger partial charge in [0.15, 0.2) is 5.03 Å². The number of oxime groups is 1. The van der Waals surface area contributed by atoms with Gasteiger partial charge in [-0.1, -0.05) is 59.8 Å². The Bertz CT molecular complexity index is 1140. The van der Waals surface area contributed by atoms with E-state index in [2.05, 4.69) is 27.0 Å². The van der Waals surface area contributed by atoms with E-state index in [-0.39, 0.29) is 23.7 Å². The van der Waals surface area contributed by atoms with Gasteiger partial charge < -0.3 is 9.40 Å². The Balaban J connectivity index is 1.35. The summed E-state index contributed by atoms with van der Waals surface area (Å²) < 4.78 is 29.3. The average molecular weight is 425 g/mol. The zero-order valence-electron chi connectivity index (χ0n) is 16.9. The van der Waals surface area contributed by atoms with Crippen molar-refractivity contribution in [3.8, 4) is 11.1 Å². The van der Waals surface area contributed by atoms with Crippen molar-refractivity contribution in [2.75, 3.05) is 6.54 Å². The van der Waals surface area contributed by atoms with Crippen LogP contribution in [0.25, 0.3) is 11.1 Å². The van der Waals surface area contributed by atoms with Crippen LogP contribution in [0.2, 0.25) is 0 Å². The van der Waals surface area contributed by atoms with Crippen LogP contribution in [0.3, 0.4) is 0 Å². The second-order valence-electron chi connectivity index (χ2n) is 7.52. The zero-order chi connectivity index (χ0) is 21.1. The van der Waals surface area contributed by atoms with Gasteiger partial charge in [0.05, 0.1) is 18.6 Å². The molecule has 0 saturated heterocycles. The number of sulfonamides is 1. The number of imidazole rings is 1. The fourth-order valence-corrected chi connectivity index (χ4v) is 4.21. The lowest BCUT2D eigenvalue weighted by atomic mass is 10.0. The van der Waals surface area contributed by atoms with E-state index < -0.39 is 10.0 Å². The summed E-state index contributed by atoms with van der Waals surface area (Å²) in [7, 11) is -3.69. The van der Waals surface area contributed by atoms with Gasteiger partial charge in [0.25, 0.3) is 10.0 Å². The summed E-state index contributed by atoms with van der Waals surface area (Å²) in [6, 6.07) is 18.4. The van der Waals surface area contributed by atoms with E-state index in [9.17, 15) is 8.42 Å². The molecule has 2 aromatic carbocycles. The summed E-state index contributed by atoms with van der Waals surface area (Å²) in [5.41, 5.74) is 4.06. The molecule has 1 N–H and O–H groups in total. The Morgan fingerprint density at radius 2 is 1.73 bits per heavy atom. The normalized spacial score (nSPS) is 16.5. The van der Waals surface area contributed by atoms with E-state index in [0.717, 1.165) is 22.4 Å². The van der Waals surface area contributed by atoms with Gasteiger partial charge in [-0.15, -0.1) is 0 Å². The molecule has 0 radical (unpaired) electrons. The standard InChI is InChI=1S/C22H24N4O3S/c1-16(2)26-14-22(23-15-26)30(27,28)24-13-20-12-21(25-29-20)19-10-8-18(9-11-19)17-6-4-3-5-7-17/h3-11,14-16,20,24H,12-13H2,1-2H3/t20-/m0/s1. The Kier molecular flexibility index (Phi) is 5.69. The summed E-state index contributed by atoms with van der Waals surface area (Å²) in [5, 5.41) is 4.16. The lowest BCUT2D eigenvalue weighted by Gasteiger charge is -2.09. The van der Waals surface area contributed by atoms with Crippen LogP contribution in [0, 0.1) is 0 Å². The van der Waals surface area contributed by atoms with Gasteiger partial charge in [0, 0.05) is 18.7 Å². The Morgan fingerprint density at radius 1 is 1.07 bits per heavy atom. The fourth-order valence-electron chi connectivity index (χ4n) is 3.21. The fraction of sp³-hybridized carbons (Fsp3) is 0.273. The Morgan fingerprint density at radius 3 is 2.40 bits per heavy atom. The molecular weight excluding hydrogens is 400 g/mol. The van der Waals surface area contributed by atoms with E-state index in [0.29, 0.717) is 6.42 Å². The summed E-state index contributed by atoms with van der Waals surface area (Å²) in [6.45, 7) is 4.05. The maximum atomic E-state index is 12.5. The largest absolute Gasteiger partial charge is 0.390 e. The highest BCUT2D eigenvalue weighted by Crippen LogP contribution is 2.22. The predicted molar refractivity (Wildman–Crippen MR) is 116 cm³/mol. The van der Waals surface area contributed by atoms with Crippen LogP contribution in [0.1, 0.15) is 31.9 Å². The summed E-state index contributed by atoms with van der Waals surface area (Å²) in [4.78, 5) is 9.44. The number of nitrogens with one attached hydrogen (secondary N) is 1. The first-order valence-electron chi connectivity index (χ1n) is 9.84. The molecule has 4 rings (SSSR count). The van der Waals surface area contributed by atoms with Gasteiger partial charge in [-0.2, -0.15) is 0 Å². The highest BCUT2D eigenvalue weighted by atomic mass is 32.2. The number of hydrogen-bond acceptors (Lipinski definition) is 5. The number of nitrogens with zero attached hydrogens (tertiary/aromatic N) is 3. The molecule has 1 aromatic heterocycles. The van der Waals surface area contributed by atoms with E-state index in [4.69, 9.17) is 4.84 Å². The van der Waals surface area contributed by atoms with Crippen LogP contribution in [0.5, 0.6) is 0 Å². The molecule has 7 nitrogen and oxygen atoms in total. The second-order valence-corrected chi connectivity index (χ2v) is 9.23. The third-order valence-electron chi connectivity index (χ3n) is 5.01. The molecule has 1 aliphatic rings. The molecule has 0 spiro atoms. The predicted octanol–water partition coefficient (Wildman–Crippen LogP) is 3.60. The molecule has 2 heterocycles. The zero-order valence-corrected chi connectivity index (χ0v) is 17.7. The average Bonchev–Trinajstić information content (AvgIpc) is 3.44. The molecule has 1 atom stereocenters. The molecule has 156 valence electrons. The van der Waals surface area contributed by atoms with Crippen molar-refractivity contribution in [2.45, 2.75) is 37.4 Å². The van der Waals surface area contributed by atoms with Gasteiger partial charge in [0.2, 0.25) is 0 Å². The minimum atomic E-state index is -3.69. The first-order valence-corrected chi connectivity index (χ1v) is 11.3.